The molecule has 0 radical (unpaired) electrons. The van der Waals surface area contributed by atoms with Crippen LogP contribution in [0.2, 0.25) is 0 Å². The van der Waals surface area contributed by atoms with Crippen LogP contribution in [0.4, 0.5) is 4.79 Å². The molecule has 0 spiro atoms. The Kier molecular flexibility index (Phi) is 12.2. The molecule has 2 atom stereocenters. The molecule has 1 rings (SSSR count). The van der Waals surface area contributed by atoms with E-state index < -0.39 is 29.7 Å². The van der Waals surface area contributed by atoms with Crippen LogP contribution in [-0.4, -0.2) is 70.8 Å². The molecular weight excluding hydrogens is 454 g/mol. The summed E-state index contributed by atoms with van der Waals surface area (Å²) < 4.78 is 5.35. The first kappa shape index (κ1) is 29.5. The van der Waals surface area contributed by atoms with Crippen LogP contribution in [0.5, 0.6) is 0 Å². The van der Waals surface area contributed by atoms with Crippen molar-refractivity contribution in [1.29, 1.82) is 0 Å². The van der Waals surface area contributed by atoms with Crippen molar-refractivity contribution >= 4 is 35.7 Å². The van der Waals surface area contributed by atoms with Crippen molar-refractivity contribution in [2.24, 2.45) is 0 Å². The zero-order valence-corrected chi connectivity index (χ0v) is 21.9. The maximum atomic E-state index is 13.7. The summed E-state index contributed by atoms with van der Waals surface area (Å²) >= 11 is 1.53. The zero-order valence-electron chi connectivity index (χ0n) is 21.1. The molecule has 0 bridgehead atoms. The van der Waals surface area contributed by atoms with Gasteiger partial charge in [-0.15, -0.1) is 0 Å². The highest BCUT2D eigenvalue weighted by Crippen LogP contribution is 2.25. The molecule has 2 unspecified atom stereocenters. The third kappa shape index (κ3) is 9.77. The fourth-order valence-electron chi connectivity index (χ4n) is 3.31. The lowest BCUT2D eigenvalue weighted by molar-refractivity contribution is -0.143. The molecule has 0 heterocycles. The van der Waals surface area contributed by atoms with Gasteiger partial charge in [0.25, 0.3) is 0 Å². The van der Waals surface area contributed by atoms with Crippen LogP contribution in [0.1, 0.15) is 58.2 Å². The molecule has 0 saturated heterocycles. The molecule has 34 heavy (non-hydrogen) atoms. The minimum Gasteiger partial charge on any atom is -0.444 e. The summed E-state index contributed by atoms with van der Waals surface area (Å²) in [6.07, 6.45) is 3.18. The summed E-state index contributed by atoms with van der Waals surface area (Å²) in [6.45, 7) is 12.2. The Morgan fingerprint density at radius 1 is 1.24 bits per heavy atom. The van der Waals surface area contributed by atoms with Crippen molar-refractivity contribution in [1.82, 2.24) is 15.5 Å². The van der Waals surface area contributed by atoms with Crippen LogP contribution in [0, 0.1) is 0 Å². The molecule has 0 aliphatic rings. The standard InChI is InChI=1S/C25H39N3O5S/c1-8-18-10-9-11-19(16-18)21(22(30)26-17(2)3)28(13-14-29)23(31)20(12-15-34-7)27-24(32)33-25(4,5)6/h8-11,16-17,20-21,29H,1,12-15H2,2-7H3,(H,26,30)(H,27,32). The zero-order chi connectivity index (χ0) is 25.9. The van der Waals surface area contributed by atoms with Gasteiger partial charge < -0.3 is 25.4 Å². The molecular formula is C25H39N3O5S. The number of alkyl carbamates (subject to hydrolysis) is 1. The van der Waals surface area contributed by atoms with E-state index in [1.54, 1.807) is 45.0 Å². The largest absolute Gasteiger partial charge is 0.444 e. The number of ether oxygens (including phenoxy) is 1. The Morgan fingerprint density at radius 2 is 1.91 bits per heavy atom. The van der Waals surface area contributed by atoms with E-state index in [1.807, 2.05) is 26.2 Å². The molecule has 1 aromatic carbocycles. The predicted octanol–water partition coefficient (Wildman–Crippen LogP) is 3.36. The van der Waals surface area contributed by atoms with Gasteiger partial charge in [-0.3, -0.25) is 9.59 Å². The molecule has 0 fully saturated rings. The number of rotatable bonds is 12. The predicted molar refractivity (Wildman–Crippen MR) is 138 cm³/mol. The van der Waals surface area contributed by atoms with E-state index >= 15 is 0 Å². The minimum atomic E-state index is -1.00. The Morgan fingerprint density at radius 3 is 2.44 bits per heavy atom. The highest BCUT2D eigenvalue weighted by atomic mass is 32.2. The number of benzene rings is 1. The lowest BCUT2D eigenvalue weighted by Gasteiger charge is -2.34. The topological polar surface area (TPSA) is 108 Å². The van der Waals surface area contributed by atoms with Crippen molar-refractivity contribution in [3.05, 3.63) is 42.0 Å². The van der Waals surface area contributed by atoms with Gasteiger partial charge in [0.15, 0.2) is 0 Å². The van der Waals surface area contributed by atoms with Crippen molar-refractivity contribution < 1.29 is 24.2 Å². The summed E-state index contributed by atoms with van der Waals surface area (Å²) in [5, 5.41) is 15.3. The summed E-state index contributed by atoms with van der Waals surface area (Å²) in [6, 6.07) is 5.09. The van der Waals surface area contributed by atoms with E-state index in [-0.39, 0.29) is 25.1 Å². The minimum absolute atomic E-state index is 0.0842. The lowest BCUT2D eigenvalue weighted by Crippen LogP contribution is -2.54. The fourth-order valence-corrected chi connectivity index (χ4v) is 3.78. The first-order chi connectivity index (χ1) is 15.9. The molecule has 0 saturated carbocycles. The van der Waals surface area contributed by atoms with Gasteiger partial charge >= 0.3 is 6.09 Å². The van der Waals surface area contributed by atoms with Crippen LogP contribution in [-0.2, 0) is 14.3 Å². The highest BCUT2D eigenvalue weighted by Gasteiger charge is 2.36. The van der Waals surface area contributed by atoms with Gasteiger partial charge in [-0.25, -0.2) is 4.79 Å². The normalized spacial score (nSPS) is 13.1. The number of nitrogens with one attached hydrogen (secondary N) is 2. The molecule has 3 N–H and O–H groups in total. The first-order valence-electron chi connectivity index (χ1n) is 11.4. The quantitative estimate of drug-likeness (QED) is 0.412. The molecule has 190 valence electrons. The van der Waals surface area contributed by atoms with Gasteiger partial charge in [0.05, 0.1) is 6.61 Å². The monoisotopic (exact) mass is 493 g/mol. The van der Waals surface area contributed by atoms with Crippen LogP contribution >= 0.6 is 11.8 Å². The summed E-state index contributed by atoms with van der Waals surface area (Å²) in [5.41, 5.74) is 0.646. The van der Waals surface area contributed by atoms with Crippen molar-refractivity contribution in [3.8, 4) is 0 Å². The maximum Gasteiger partial charge on any atom is 0.408 e. The van der Waals surface area contributed by atoms with Gasteiger partial charge in [-0.1, -0.05) is 30.9 Å². The first-order valence-corrected chi connectivity index (χ1v) is 12.8. The average molecular weight is 494 g/mol. The molecule has 8 nitrogen and oxygen atoms in total. The third-order valence-corrected chi connectivity index (χ3v) is 5.32. The number of hydrogen-bond acceptors (Lipinski definition) is 6. The Hall–Kier alpha value is -2.52. The van der Waals surface area contributed by atoms with Gasteiger partial charge in [-0.2, -0.15) is 11.8 Å². The number of aliphatic hydroxyl groups excluding tert-OH is 1. The molecule has 9 heteroatoms. The summed E-state index contributed by atoms with van der Waals surface area (Å²) in [5.74, 6) is -0.241. The number of amides is 3. The number of carbonyl (C=O) groups is 3. The number of thioether (sulfide) groups is 1. The van der Waals surface area contributed by atoms with Crippen LogP contribution in [0.3, 0.4) is 0 Å². The van der Waals surface area contributed by atoms with E-state index in [0.29, 0.717) is 17.7 Å². The second kappa shape index (κ2) is 14.0. The van der Waals surface area contributed by atoms with Crippen molar-refractivity contribution in [2.45, 2.75) is 64.8 Å². The van der Waals surface area contributed by atoms with Crippen molar-refractivity contribution in [3.63, 3.8) is 0 Å². The summed E-state index contributed by atoms with van der Waals surface area (Å²) in [4.78, 5) is 40.8. The Bertz CT molecular complexity index is 838. The maximum absolute atomic E-state index is 13.7. The van der Waals surface area contributed by atoms with Gasteiger partial charge in [0.1, 0.15) is 17.7 Å². The van der Waals surface area contributed by atoms with E-state index in [2.05, 4.69) is 17.2 Å². The lowest BCUT2D eigenvalue weighted by atomic mass is 10.00. The summed E-state index contributed by atoms with van der Waals surface area (Å²) in [7, 11) is 0. The number of carbonyl (C=O) groups excluding carboxylic acids is 3. The van der Waals surface area contributed by atoms with E-state index in [9.17, 15) is 19.5 Å². The molecule has 3 amide bonds. The van der Waals surface area contributed by atoms with E-state index in [0.717, 1.165) is 5.56 Å². The number of hydrogen-bond donors (Lipinski definition) is 3. The van der Waals surface area contributed by atoms with Gasteiger partial charge in [0, 0.05) is 12.6 Å². The van der Waals surface area contributed by atoms with E-state index in [4.69, 9.17) is 4.74 Å². The van der Waals surface area contributed by atoms with Crippen molar-refractivity contribution in [2.75, 3.05) is 25.2 Å². The average Bonchev–Trinajstić information content (AvgIpc) is 2.74. The number of nitrogens with zero attached hydrogens (tertiary/aromatic N) is 1. The van der Waals surface area contributed by atoms with Crippen LogP contribution < -0.4 is 10.6 Å². The van der Waals surface area contributed by atoms with Gasteiger partial charge in [-0.05, 0) is 70.2 Å². The number of aliphatic hydroxyl groups is 1. The van der Waals surface area contributed by atoms with Gasteiger partial charge in [0.2, 0.25) is 11.8 Å². The third-order valence-electron chi connectivity index (χ3n) is 4.68. The fraction of sp³-hybridized carbons (Fsp3) is 0.560. The highest BCUT2D eigenvalue weighted by molar-refractivity contribution is 7.98. The Labute approximate surface area is 207 Å². The SMILES string of the molecule is C=Cc1cccc(C(C(=O)NC(C)C)N(CCO)C(=O)C(CCSC)NC(=O)OC(C)(C)C)c1. The molecule has 0 aromatic heterocycles. The molecule has 0 aliphatic carbocycles. The molecule has 1 aromatic rings. The Balaban J connectivity index is 3.42. The smallest absolute Gasteiger partial charge is 0.408 e. The second-order valence-corrected chi connectivity index (χ2v) is 10.2. The van der Waals surface area contributed by atoms with Crippen LogP contribution in [0.15, 0.2) is 30.8 Å². The molecule has 0 aliphatic heterocycles. The van der Waals surface area contributed by atoms with E-state index in [1.165, 1.54) is 16.7 Å². The second-order valence-electron chi connectivity index (χ2n) is 9.18. The van der Waals surface area contributed by atoms with Crippen LogP contribution in [0.25, 0.3) is 6.08 Å².